The number of carbonyl (C=O) groups is 1. The van der Waals surface area contributed by atoms with Gasteiger partial charge in [0.25, 0.3) is 0 Å². The van der Waals surface area contributed by atoms with Crippen molar-refractivity contribution in [2.75, 3.05) is 17.3 Å². The summed E-state index contributed by atoms with van der Waals surface area (Å²) in [7, 11) is 1.56. The summed E-state index contributed by atoms with van der Waals surface area (Å²) in [6.45, 7) is 1.99. The number of fused-ring (bicyclic) bond motifs is 1. The van der Waals surface area contributed by atoms with E-state index in [2.05, 4.69) is 5.32 Å². The molecular formula is C18H19FN2O2. The Morgan fingerprint density at radius 1 is 1.30 bits per heavy atom. The SMILES string of the molecule is COc1ccccc1NC(=O)N1c2ccc(F)cc2CC[C@@H]1C. The summed E-state index contributed by atoms with van der Waals surface area (Å²) in [6.07, 6.45) is 1.57. The lowest BCUT2D eigenvalue weighted by molar-refractivity contribution is 0.254. The van der Waals surface area contributed by atoms with E-state index in [9.17, 15) is 9.18 Å². The highest BCUT2D eigenvalue weighted by Gasteiger charge is 2.28. The highest BCUT2D eigenvalue weighted by Crippen LogP contribution is 2.32. The molecule has 1 atom stereocenters. The fourth-order valence-electron chi connectivity index (χ4n) is 2.95. The number of ether oxygens (including phenoxy) is 1. The molecule has 0 unspecified atom stereocenters. The van der Waals surface area contributed by atoms with Gasteiger partial charge in [-0.05, 0) is 55.7 Å². The number of benzene rings is 2. The summed E-state index contributed by atoms with van der Waals surface area (Å²) in [5, 5.41) is 2.89. The van der Waals surface area contributed by atoms with Crippen molar-refractivity contribution in [3.63, 3.8) is 0 Å². The Hall–Kier alpha value is -2.56. The first kappa shape index (κ1) is 15.3. The maximum Gasteiger partial charge on any atom is 0.326 e. The van der Waals surface area contributed by atoms with Crippen LogP contribution in [0.3, 0.4) is 0 Å². The molecule has 5 heteroatoms. The zero-order chi connectivity index (χ0) is 16.4. The number of urea groups is 1. The van der Waals surface area contributed by atoms with E-state index in [0.717, 1.165) is 24.1 Å². The van der Waals surface area contributed by atoms with E-state index in [1.165, 1.54) is 12.1 Å². The molecule has 0 saturated carbocycles. The number of anilines is 2. The van der Waals surface area contributed by atoms with Crippen LogP contribution in [0.4, 0.5) is 20.6 Å². The first-order chi connectivity index (χ1) is 11.1. The molecule has 0 aliphatic carbocycles. The van der Waals surface area contributed by atoms with Crippen LogP contribution in [0.25, 0.3) is 0 Å². The third-order valence-electron chi connectivity index (χ3n) is 4.14. The van der Waals surface area contributed by atoms with Crippen LogP contribution in [-0.4, -0.2) is 19.2 Å². The van der Waals surface area contributed by atoms with Gasteiger partial charge >= 0.3 is 6.03 Å². The second-order valence-corrected chi connectivity index (χ2v) is 5.66. The Morgan fingerprint density at radius 2 is 2.09 bits per heavy atom. The van der Waals surface area contributed by atoms with E-state index in [1.807, 2.05) is 19.1 Å². The average molecular weight is 314 g/mol. The molecule has 1 N–H and O–H groups in total. The largest absolute Gasteiger partial charge is 0.495 e. The van der Waals surface area contributed by atoms with E-state index in [0.29, 0.717) is 11.4 Å². The van der Waals surface area contributed by atoms with Crippen LogP contribution in [0.15, 0.2) is 42.5 Å². The number of amides is 2. The Labute approximate surface area is 134 Å². The van der Waals surface area contributed by atoms with Crippen molar-refractivity contribution >= 4 is 17.4 Å². The summed E-state index contributed by atoms with van der Waals surface area (Å²) in [5.41, 5.74) is 2.23. The lowest BCUT2D eigenvalue weighted by atomic mass is 9.97. The molecule has 120 valence electrons. The molecule has 0 saturated heterocycles. The molecule has 1 heterocycles. The maximum atomic E-state index is 13.4. The number of methoxy groups -OCH3 is 1. The summed E-state index contributed by atoms with van der Waals surface area (Å²) < 4.78 is 18.7. The number of carbonyl (C=O) groups excluding carboxylic acids is 1. The van der Waals surface area contributed by atoms with E-state index in [1.54, 1.807) is 30.2 Å². The Bertz CT molecular complexity index is 733. The molecule has 1 aliphatic rings. The predicted molar refractivity (Wildman–Crippen MR) is 88.7 cm³/mol. The van der Waals surface area contributed by atoms with Crippen LogP contribution < -0.4 is 15.0 Å². The summed E-state index contributed by atoms with van der Waals surface area (Å²) >= 11 is 0. The fourth-order valence-corrected chi connectivity index (χ4v) is 2.95. The molecule has 2 amide bonds. The van der Waals surface area contributed by atoms with Crippen LogP contribution in [-0.2, 0) is 6.42 Å². The molecule has 0 spiro atoms. The Kier molecular flexibility index (Phi) is 4.19. The molecule has 4 nitrogen and oxygen atoms in total. The van der Waals surface area contributed by atoms with E-state index in [-0.39, 0.29) is 17.9 Å². The van der Waals surface area contributed by atoms with Crippen LogP contribution in [0.1, 0.15) is 18.9 Å². The van der Waals surface area contributed by atoms with Gasteiger partial charge in [-0.25, -0.2) is 9.18 Å². The van der Waals surface area contributed by atoms with Gasteiger partial charge in [-0.15, -0.1) is 0 Å². The number of hydrogen-bond donors (Lipinski definition) is 1. The van der Waals surface area contributed by atoms with Crippen molar-refractivity contribution < 1.29 is 13.9 Å². The molecule has 2 aromatic rings. The van der Waals surface area contributed by atoms with Gasteiger partial charge < -0.3 is 10.1 Å². The van der Waals surface area contributed by atoms with Gasteiger partial charge in [0.05, 0.1) is 12.8 Å². The first-order valence-corrected chi connectivity index (χ1v) is 7.62. The molecular weight excluding hydrogens is 295 g/mol. The third kappa shape index (κ3) is 2.99. The molecule has 3 rings (SSSR count). The van der Waals surface area contributed by atoms with Crippen molar-refractivity contribution in [3.05, 3.63) is 53.8 Å². The van der Waals surface area contributed by atoms with Gasteiger partial charge in [0.1, 0.15) is 11.6 Å². The zero-order valence-electron chi connectivity index (χ0n) is 13.2. The number of rotatable bonds is 2. The third-order valence-corrected chi connectivity index (χ3v) is 4.14. The fraction of sp³-hybridized carbons (Fsp3) is 0.278. The zero-order valence-corrected chi connectivity index (χ0v) is 13.2. The first-order valence-electron chi connectivity index (χ1n) is 7.62. The predicted octanol–water partition coefficient (Wildman–Crippen LogP) is 4.21. The second-order valence-electron chi connectivity index (χ2n) is 5.66. The minimum absolute atomic E-state index is 0.0441. The summed E-state index contributed by atoms with van der Waals surface area (Å²) in [5.74, 6) is 0.327. The van der Waals surface area contributed by atoms with Crippen LogP contribution >= 0.6 is 0 Å². The molecule has 0 aromatic heterocycles. The Morgan fingerprint density at radius 3 is 2.87 bits per heavy atom. The minimum atomic E-state index is -0.275. The number of nitrogens with zero attached hydrogens (tertiary/aromatic N) is 1. The Balaban J connectivity index is 1.90. The smallest absolute Gasteiger partial charge is 0.326 e. The highest BCUT2D eigenvalue weighted by molar-refractivity contribution is 6.03. The van der Waals surface area contributed by atoms with Gasteiger partial charge in [0, 0.05) is 11.7 Å². The van der Waals surface area contributed by atoms with E-state index in [4.69, 9.17) is 4.74 Å². The van der Waals surface area contributed by atoms with E-state index < -0.39 is 0 Å². The highest BCUT2D eigenvalue weighted by atomic mass is 19.1. The summed E-state index contributed by atoms with van der Waals surface area (Å²) in [4.78, 5) is 14.4. The van der Waals surface area contributed by atoms with Crippen molar-refractivity contribution in [1.82, 2.24) is 0 Å². The maximum absolute atomic E-state index is 13.4. The minimum Gasteiger partial charge on any atom is -0.495 e. The van der Waals surface area contributed by atoms with Crippen molar-refractivity contribution in [3.8, 4) is 5.75 Å². The van der Waals surface area contributed by atoms with Gasteiger partial charge in [0.2, 0.25) is 0 Å². The van der Waals surface area contributed by atoms with Crippen molar-refractivity contribution in [2.45, 2.75) is 25.8 Å². The van der Waals surface area contributed by atoms with Crippen LogP contribution in [0, 0.1) is 5.82 Å². The molecule has 1 aliphatic heterocycles. The van der Waals surface area contributed by atoms with Crippen LogP contribution in [0.2, 0.25) is 0 Å². The summed E-state index contributed by atoms with van der Waals surface area (Å²) in [6, 6.07) is 11.6. The van der Waals surface area contributed by atoms with E-state index >= 15 is 0 Å². The van der Waals surface area contributed by atoms with Gasteiger partial charge in [-0.3, -0.25) is 4.90 Å². The lowest BCUT2D eigenvalue weighted by Gasteiger charge is -2.35. The molecule has 0 fully saturated rings. The molecule has 0 bridgehead atoms. The molecule has 2 aromatic carbocycles. The average Bonchev–Trinajstić information content (AvgIpc) is 2.55. The quantitative estimate of drug-likeness (QED) is 0.902. The second kappa shape index (κ2) is 6.28. The normalized spacial score (nSPS) is 16.7. The van der Waals surface area contributed by atoms with Gasteiger partial charge in [-0.2, -0.15) is 0 Å². The van der Waals surface area contributed by atoms with Crippen molar-refractivity contribution in [2.24, 2.45) is 0 Å². The van der Waals surface area contributed by atoms with Gasteiger partial charge in [-0.1, -0.05) is 12.1 Å². The topological polar surface area (TPSA) is 41.6 Å². The lowest BCUT2D eigenvalue weighted by Crippen LogP contribution is -2.44. The van der Waals surface area contributed by atoms with Crippen LogP contribution in [0.5, 0.6) is 5.75 Å². The number of aryl methyl sites for hydroxylation is 1. The molecule has 0 radical (unpaired) electrons. The standard InChI is InChI=1S/C18H19FN2O2/c1-12-7-8-13-11-14(19)9-10-16(13)21(12)18(22)20-15-5-3-4-6-17(15)23-2/h3-6,9-12H,7-8H2,1-2H3,(H,20,22)/t12-/m0/s1. The number of nitrogens with one attached hydrogen (secondary N) is 1. The van der Waals surface area contributed by atoms with Gasteiger partial charge in [0.15, 0.2) is 0 Å². The van der Waals surface area contributed by atoms with Crippen molar-refractivity contribution in [1.29, 1.82) is 0 Å². The number of para-hydroxylation sites is 2. The monoisotopic (exact) mass is 314 g/mol. The number of hydrogen-bond acceptors (Lipinski definition) is 2. The number of halogens is 1. The molecule has 23 heavy (non-hydrogen) atoms.